The van der Waals surface area contributed by atoms with Crippen molar-refractivity contribution < 1.29 is 4.74 Å². The van der Waals surface area contributed by atoms with Gasteiger partial charge in [0.25, 0.3) is 0 Å². The van der Waals surface area contributed by atoms with E-state index in [0.717, 1.165) is 22.2 Å². The number of fused-ring (bicyclic) bond motifs is 1. The quantitative estimate of drug-likeness (QED) is 0.757. The van der Waals surface area contributed by atoms with Crippen LogP contribution >= 0.6 is 0 Å². The van der Waals surface area contributed by atoms with Gasteiger partial charge in [0.05, 0.1) is 18.3 Å². The number of benzene rings is 2. The van der Waals surface area contributed by atoms with Crippen molar-refractivity contribution in [2.75, 3.05) is 12.8 Å². The van der Waals surface area contributed by atoms with Crippen molar-refractivity contribution in [3.63, 3.8) is 0 Å². The first-order valence-corrected chi connectivity index (χ1v) is 6.09. The van der Waals surface area contributed by atoms with Gasteiger partial charge in [-0.25, -0.2) is 4.98 Å². The number of hydrogen-bond donors (Lipinski definition) is 1. The number of pyridine rings is 1. The van der Waals surface area contributed by atoms with Crippen molar-refractivity contribution in [1.29, 1.82) is 0 Å². The first kappa shape index (κ1) is 11.5. The van der Waals surface area contributed by atoms with Crippen LogP contribution in [0.2, 0.25) is 0 Å². The van der Waals surface area contributed by atoms with Gasteiger partial charge in [0, 0.05) is 10.9 Å². The largest absolute Gasteiger partial charge is 0.492 e. The maximum absolute atomic E-state index is 6.20. The standard InChI is InChI=1S/C16H14N2O/c1-19-16-14(17)12-9-5-6-10-13(12)18-15(16)11-7-3-2-4-8-11/h2-10H,1H3,(H2,17,18). The summed E-state index contributed by atoms with van der Waals surface area (Å²) in [5, 5.41) is 0.916. The van der Waals surface area contributed by atoms with Crippen molar-refractivity contribution in [2.24, 2.45) is 0 Å². The SMILES string of the molecule is COc1c(-c2ccccc2)nc2ccccc2c1N. The van der Waals surface area contributed by atoms with E-state index >= 15 is 0 Å². The number of aromatic nitrogens is 1. The Balaban J connectivity index is 2.36. The van der Waals surface area contributed by atoms with Crippen LogP contribution in [0.1, 0.15) is 0 Å². The number of nitrogens with zero attached hydrogens (tertiary/aromatic N) is 1. The van der Waals surface area contributed by atoms with E-state index in [2.05, 4.69) is 4.98 Å². The Morgan fingerprint density at radius 1 is 0.947 bits per heavy atom. The second-order valence-electron chi connectivity index (χ2n) is 4.29. The van der Waals surface area contributed by atoms with Crippen LogP contribution in [0.15, 0.2) is 54.6 Å². The number of hydrogen-bond acceptors (Lipinski definition) is 3. The predicted octanol–water partition coefficient (Wildman–Crippen LogP) is 3.49. The Morgan fingerprint density at radius 3 is 2.37 bits per heavy atom. The van der Waals surface area contributed by atoms with Crippen molar-refractivity contribution >= 4 is 16.6 Å². The van der Waals surface area contributed by atoms with Crippen LogP contribution < -0.4 is 10.5 Å². The molecule has 19 heavy (non-hydrogen) atoms. The Bertz CT molecular complexity index is 723. The van der Waals surface area contributed by atoms with E-state index in [1.807, 2.05) is 54.6 Å². The maximum atomic E-state index is 6.20. The molecule has 3 nitrogen and oxygen atoms in total. The minimum Gasteiger partial charge on any atom is -0.492 e. The number of nitrogens with two attached hydrogens (primary N) is 1. The second kappa shape index (κ2) is 4.61. The molecule has 2 aromatic carbocycles. The van der Waals surface area contributed by atoms with Gasteiger partial charge in [-0.1, -0.05) is 48.5 Å². The van der Waals surface area contributed by atoms with Crippen LogP contribution in [0.5, 0.6) is 5.75 Å². The zero-order valence-electron chi connectivity index (χ0n) is 10.6. The highest BCUT2D eigenvalue weighted by atomic mass is 16.5. The number of methoxy groups -OCH3 is 1. The monoisotopic (exact) mass is 250 g/mol. The molecule has 1 aromatic heterocycles. The Hall–Kier alpha value is -2.55. The molecule has 0 saturated heterocycles. The molecular formula is C16H14N2O. The number of para-hydroxylation sites is 1. The lowest BCUT2D eigenvalue weighted by Crippen LogP contribution is -1.99. The summed E-state index contributed by atoms with van der Waals surface area (Å²) in [6.07, 6.45) is 0. The summed E-state index contributed by atoms with van der Waals surface area (Å²) in [4.78, 5) is 4.67. The van der Waals surface area contributed by atoms with Gasteiger partial charge in [-0.2, -0.15) is 0 Å². The van der Waals surface area contributed by atoms with Gasteiger partial charge in [0.2, 0.25) is 0 Å². The van der Waals surface area contributed by atoms with Gasteiger partial charge >= 0.3 is 0 Å². The number of anilines is 1. The van der Waals surface area contributed by atoms with Gasteiger partial charge in [0.15, 0.2) is 5.75 Å². The second-order valence-corrected chi connectivity index (χ2v) is 4.29. The molecule has 0 aliphatic rings. The van der Waals surface area contributed by atoms with Gasteiger partial charge in [-0.15, -0.1) is 0 Å². The average molecular weight is 250 g/mol. The third-order valence-electron chi connectivity index (χ3n) is 3.14. The van der Waals surface area contributed by atoms with Gasteiger partial charge in [-0.05, 0) is 6.07 Å². The molecule has 0 spiro atoms. The lowest BCUT2D eigenvalue weighted by Gasteiger charge is -2.13. The molecular weight excluding hydrogens is 236 g/mol. The van der Waals surface area contributed by atoms with Crippen molar-refractivity contribution in [2.45, 2.75) is 0 Å². The van der Waals surface area contributed by atoms with Crippen LogP contribution in [-0.4, -0.2) is 12.1 Å². The topological polar surface area (TPSA) is 48.1 Å². The zero-order valence-corrected chi connectivity index (χ0v) is 10.6. The minimum absolute atomic E-state index is 0.630. The Kier molecular flexibility index (Phi) is 2.80. The molecule has 0 unspecified atom stereocenters. The smallest absolute Gasteiger partial charge is 0.168 e. The van der Waals surface area contributed by atoms with E-state index in [9.17, 15) is 0 Å². The van der Waals surface area contributed by atoms with Gasteiger partial charge in [0.1, 0.15) is 5.69 Å². The fourth-order valence-corrected chi connectivity index (χ4v) is 2.22. The van der Waals surface area contributed by atoms with E-state index in [1.54, 1.807) is 7.11 Å². The summed E-state index contributed by atoms with van der Waals surface area (Å²) >= 11 is 0. The number of ether oxygens (including phenoxy) is 1. The molecule has 1 heterocycles. The maximum Gasteiger partial charge on any atom is 0.168 e. The highest BCUT2D eigenvalue weighted by Crippen LogP contribution is 2.37. The summed E-state index contributed by atoms with van der Waals surface area (Å²) in [6, 6.07) is 17.7. The van der Waals surface area contributed by atoms with Crippen LogP contribution in [-0.2, 0) is 0 Å². The predicted molar refractivity (Wildman–Crippen MR) is 78.1 cm³/mol. The highest BCUT2D eigenvalue weighted by molar-refractivity contribution is 5.97. The van der Waals surface area contributed by atoms with Crippen molar-refractivity contribution in [3.05, 3.63) is 54.6 Å². The molecule has 0 radical (unpaired) electrons. The summed E-state index contributed by atoms with van der Waals surface area (Å²) in [7, 11) is 1.62. The Morgan fingerprint density at radius 2 is 1.63 bits per heavy atom. The van der Waals surface area contributed by atoms with Crippen molar-refractivity contribution in [3.8, 4) is 17.0 Å². The lowest BCUT2D eigenvalue weighted by molar-refractivity contribution is 0.417. The minimum atomic E-state index is 0.630. The third kappa shape index (κ3) is 1.89. The van der Waals surface area contributed by atoms with Gasteiger partial charge < -0.3 is 10.5 Å². The molecule has 0 aliphatic heterocycles. The summed E-state index contributed by atoms with van der Waals surface area (Å²) in [6.45, 7) is 0. The molecule has 0 bridgehead atoms. The van der Waals surface area contributed by atoms with Crippen LogP contribution in [0.3, 0.4) is 0 Å². The van der Waals surface area contributed by atoms with Crippen LogP contribution in [0.25, 0.3) is 22.2 Å². The lowest BCUT2D eigenvalue weighted by atomic mass is 10.1. The van der Waals surface area contributed by atoms with E-state index in [-0.39, 0.29) is 0 Å². The average Bonchev–Trinajstić information content (AvgIpc) is 2.48. The molecule has 0 amide bonds. The summed E-state index contributed by atoms with van der Waals surface area (Å²) < 4.78 is 5.45. The molecule has 94 valence electrons. The first-order valence-electron chi connectivity index (χ1n) is 6.09. The highest BCUT2D eigenvalue weighted by Gasteiger charge is 2.14. The fourth-order valence-electron chi connectivity index (χ4n) is 2.22. The van der Waals surface area contributed by atoms with Gasteiger partial charge in [-0.3, -0.25) is 0 Å². The molecule has 3 aromatic rings. The molecule has 2 N–H and O–H groups in total. The van der Waals surface area contributed by atoms with Crippen LogP contribution in [0.4, 0.5) is 5.69 Å². The fraction of sp³-hybridized carbons (Fsp3) is 0.0625. The third-order valence-corrected chi connectivity index (χ3v) is 3.14. The van der Waals surface area contributed by atoms with E-state index in [4.69, 9.17) is 10.5 Å². The molecule has 0 fully saturated rings. The Labute approximate surface area is 111 Å². The molecule has 0 atom stereocenters. The van der Waals surface area contributed by atoms with E-state index in [0.29, 0.717) is 11.4 Å². The summed E-state index contributed by atoms with van der Waals surface area (Å²) in [5.41, 5.74) is 9.48. The van der Waals surface area contributed by atoms with E-state index < -0.39 is 0 Å². The first-order chi connectivity index (χ1) is 9.31. The molecule has 0 aliphatic carbocycles. The van der Waals surface area contributed by atoms with Crippen LogP contribution in [0, 0.1) is 0 Å². The molecule has 0 saturated carbocycles. The number of rotatable bonds is 2. The number of nitrogen functional groups attached to an aromatic ring is 1. The summed E-state index contributed by atoms with van der Waals surface area (Å²) in [5.74, 6) is 0.630. The normalized spacial score (nSPS) is 10.6. The molecule has 3 heteroatoms. The zero-order chi connectivity index (χ0) is 13.2. The van der Waals surface area contributed by atoms with E-state index in [1.165, 1.54) is 0 Å². The molecule has 3 rings (SSSR count). The van der Waals surface area contributed by atoms with Crippen molar-refractivity contribution in [1.82, 2.24) is 4.98 Å².